The van der Waals surface area contributed by atoms with E-state index < -0.39 is 11.8 Å². The lowest BCUT2D eigenvalue weighted by atomic mass is 10.2. The van der Waals surface area contributed by atoms with Gasteiger partial charge in [-0.2, -0.15) is 0 Å². The quantitative estimate of drug-likeness (QED) is 0.846. The number of piperazine rings is 1. The minimum absolute atomic E-state index is 0.287. The predicted octanol–water partition coefficient (Wildman–Crippen LogP) is 1.82. The molecule has 0 bridgehead atoms. The van der Waals surface area contributed by atoms with Gasteiger partial charge in [0.25, 0.3) is 0 Å². The van der Waals surface area contributed by atoms with Gasteiger partial charge in [0.1, 0.15) is 11.6 Å². The van der Waals surface area contributed by atoms with Crippen LogP contribution >= 0.6 is 0 Å². The number of hydrogen-bond donors (Lipinski definition) is 1. The fourth-order valence-electron chi connectivity index (χ4n) is 2.78. The Hall–Kier alpha value is -2.96. The lowest BCUT2D eigenvalue weighted by molar-refractivity contribution is -0.143. The van der Waals surface area contributed by atoms with Gasteiger partial charge in [0.15, 0.2) is 0 Å². The van der Waals surface area contributed by atoms with Gasteiger partial charge in [0.05, 0.1) is 5.69 Å². The summed E-state index contributed by atoms with van der Waals surface area (Å²) >= 11 is 0. The van der Waals surface area contributed by atoms with Gasteiger partial charge in [0, 0.05) is 32.4 Å². The zero-order valence-corrected chi connectivity index (χ0v) is 13.9. The molecule has 0 aliphatic carbocycles. The molecule has 1 aliphatic heterocycles. The number of para-hydroxylation sites is 1. The Morgan fingerprint density at radius 3 is 2.52 bits per heavy atom. The van der Waals surface area contributed by atoms with E-state index in [4.69, 9.17) is 0 Å². The summed E-state index contributed by atoms with van der Waals surface area (Å²) in [5.41, 5.74) is 1.46. The van der Waals surface area contributed by atoms with Crippen molar-refractivity contribution in [2.24, 2.45) is 0 Å². The van der Waals surface area contributed by atoms with Gasteiger partial charge in [-0.15, -0.1) is 0 Å². The number of aryl methyl sites for hydroxylation is 1. The molecule has 1 aromatic heterocycles. The normalized spacial score (nSPS) is 14.3. The van der Waals surface area contributed by atoms with E-state index in [9.17, 15) is 14.0 Å². The van der Waals surface area contributed by atoms with Crippen molar-refractivity contribution in [3.8, 4) is 0 Å². The van der Waals surface area contributed by atoms with Crippen LogP contribution in [0.2, 0.25) is 0 Å². The SMILES string of the molecule is Cc1ccnc(NC(=O)C(=O)N2CCN(c3ccccc3F)CC2)c1. The minimum Gasteiger partial charge on any atom is -0.366 e. The molecule has 1 N–H and O–H groups in total. The Morgan fingerprint density at radius 1 is 1.12 bits per heavy atom. The first kappa shape index (κ1) is 16.9. The van der Waals surface area contributed by atoms with E-state index in [0.29, 0.717) is 37.7 Å². The van der Waals surface area contributed by atoms with Crippen molar-refractivity contribution in [3.05, 3.63) is 54.0 Å². The molecule has 7 heteroatoms. The molecule has 0 atom stereocenters. The monoisotopic (exact) mass is 342 g/mol. The van der Waals surface area contributed by atoms with Crippen LogP contribution in [0.3, 0.4) is 0 Å². The molecule has 0 unspecified atom stereocenters. The largest absolute Gasteiger partial charge is 0.366 e. The summed E-state index contributed by atoms with van der Waals surface area (Å²) in [7, 11) is 0. The van der Waals surface area contributed by atoms with Crippen molar-refractivity contribution in [3.63, 3.8) is 0 Å². The Balaban J connectivity index is 1.58. The van der Waals surface area contributed by atoms with Crippen molar-refractivity contribution < 1.29 is 14.0 Å². The van der Waals surface area contributed by atoms with Crippen LogP contribution in [0.4, 0.5) is 15.9 Å². The molecule has 130 valence electrons. The fraction of sp³-hybridized carbons (Fsp3) is 0.278. The second-order valence-electron chi connectivity index (χ2n) is 5.90. The molecule has 2 heterocycles. The Labute approximate surface area is 145 Å². The number of carbonyl (C=O) groups excluding carboxylic acids is 2. The second-order valence-corrected chi connectivity index (χ2v) is 5.90. The van der Waals surface area contributed by atoms with Crippen molar-refractivity contribution in [2.45, 2.75) is 6.92 Å². The third-order valence-corrected chi connectivity index (χ3v) is 4.11. The summed E-state index contributed by atoms with van der Waals surface area (Å²) in [6, 6.07) is 10.0. The number of nitrogens with one attached hydrogen (secondary N) is 1. The van der Waals surface area contributed by atoms with Gasteiger partial charge < -0.3 is 15.1 Å². The molecule has 1 aliphatic rings. The Morgan fingerprint density at radius 2 is 1.84 bits per heavy atom. The number of amides is 2. The van der Waals surface area contributed by atoms with Crippen LogP contribution in [0, 0.1) is 12.7 Å². The molecule has 0 spiro atoms. The highest BCUT2D eigenvalue weighted by Gasteiger charge is 2.27. The number of pyridine rings is 1. The predicted molar refractivity (Wildman–Crippen MR) is 92.8 cm³/mol. The molecule has 1 fully saturated rings. The minimum atomic E-state index is -0.711. The second kappa shape index (κ2) is 7.29. The summed E-state index contributed by atoms with van der Waals surface area (Å²) in [6.07, 6.45) is 1.57. The topological polar surface area (TPSA) is 65.5 Å². The van der Waals surface area contributed by atoms with E-state index >= 15 is 0 Å². The van der Waals surface area contributed by atoms with Gasteiger partial charge in [-0.1, -0.05) is 12.1 Å². The van der Waals surface area contributed by atoms with Crippen molar-refractivity contribution in [1.82, 2.24) is 9.88 Å². The zero-order valence-electron chi connectivity index (χ0n) is 13.9. The van der Waals surface area contributed by atoms with Gasteiger partial charge in [-0.25, -0.2) is 9.37 Å². The number of benzene rings is 1. The van der Waals surface area contributed by atoms with E-state index in [-0.39, 0.29) is 5.82 Å². The van der Waals surface area contributed by atoms with Crippen molar-refractivity contribution >= 4 is 23.3 Å². The summed E-state index contributed by atoms with van der Waals surface area (Å²) in [4.78, 5) is 31.8. The number of aromatic nitrogens is 1. The standard InChI is InChI=1S/C18H19FN4O2/c1-13-6-7-20-16(12-13)21-17(24)18(25)23-10-8-22(9-11-23)15-5-3-2-4-14(15)19/h2-7,12H,8-11H2,1H3,(H,20,21,24). The molecule has 0 saturated carbocycles. The average molecular weight is 342 g/mol. The molecule has 0 radical (unpaired) electrons. The third-order valence-electron chi connectivity index (χ3n) is 4.11. The van der Waals surface area contributed by atoms with Crippen LogP contribution in [-0.4, -0.2) is 47.9 Å². The molecule has 1 saturated heterocycles. The van der Waals surface area contributed by atoms with E-state index in [1.807, 2.05) is 11.8 Å². The molecular weight excluding hydrogens is 323 g/mol. The van der Waals surface area contributed by atoms with Crippen LogP contribution in [0.1, 0.15) is 5.56 Å². The average Bonchev–Trinajstić information content (AvgIpc) is 2.62. The number of hydrogen-bond acceptors (Lipinski definition) is 4. The first-order valence-electron chi connectivity index (χ1n) is 8.07. The van der Waals surface area contributed by atoms with Gasteiger partial charge in [-0.05, 0) is 36.8 Å². The highest BCUT2D eigenvalue weighted by Crippen LogP contribution is 2.20. The van der Waals surface area contributed by atoms with Gasteiger partial charge >= 0.3 is 11.8 Å². The number of nitrogens with zero attached hydrogens (tertiary/aromatic N) is 3. The number of anilines is 2. The molecule has 25 heavy (non-hydrogen) atoms. The molecular formula is C18H19FN4O2. The lowest BCUT2D eigenvalue weighted by Gasteiger charge is -2.35. The van der Waals surface area contributed by atoms with Crippen LogP contribution < -0.4 is 10.2 Å². The maximum atomic E-state index is 13.8. The smallest absolute Gasteiger partial charge is 0.315 e. The summed E-state index contributed by atoms with van der Waals surface area (Å²) in [5, 5.41) is 2.52. The molecule has 2 aromatic rings. The van der Waals surface area contributed by atoms with Crippen LogP contribution in [0.25, 0.3) is 0 Å². The van der Waals surface area contributed by atoms with E-state index in [1.165, 1.54) is 11.0 Å². The molecule has 1 aromatic carbocycles. The number of halogens is 1. The van der Waals surface area contributed by atoms with Crippen LogP contribution in [-0.2, 0) is 9.59 Å². The first-order valence-corrected chi connectivity index (χ1v) is 8.07. The lowest BCUT2D eigenvalue weighted by Crippen LogP contribution is -2.51. The van der Waals surface area contributed by atoms with E-state index in [1.54, 1.807) is 36.5 Å². The van der Waals surface area contributed by atoms with E-state index in [2.05, 4.69) is 10.3 Å². The molecule has 6 nitrogen and oxygen atoms in total. The molecule has 2 amide bonds. The summed E-state index contributed by atoms with van der Waals surface area (Å²) in [5.74, 6) is -1.25. The molecule has 3 rings (SSSR count). The van der Waals surface area contributed by atoms with Crippen LogP contribution in [0.15, 0.2) is 42.6 Å². The first-order chi connectivity index (χ1) is 12.0. The Kier molecular flexibility index (Phi) is 4.92. The number of rotatable bonds is 2. The maximum Gasteiger partial charge on any atom is 0.315 e. The number of carbonyl (C=O) groups is 2. The maximum absolute atomic E-state index is 13.8. The van der Waals surface area contributed by atoms with Crippen molar-refractivity contribution in [2.75, 3.05) is 36.4 Å². The van der Waals surface area contributed by atoms with Crippen LogP contribution in [0.5, 0.6) is 0 Å². The third kappa shape index (κ3) is 3.93. The van der Waals surface area contributed by atoms with Crippen molar-refractivity contribution in [1.29, 1.82) is 0 Å². The highest BCUT2D eigenvalue weighted by atomic mass is 19.1. The van der Waals surface area contributed by atoms with Gasteiger partial charge in [0.2, 0.25) is 0 Å². The van der Waals surface area contributed by atoms with Gasteiger partial charge in [-0.3, -0.25) is 9.59 Å². The Bertz CT molecular complexity index is 788. The summed E-state index contributed by atoms with van der Waals surface area (Å²) in [6.45, 7) is 3.55. The van der Waals surface area contributed by atoms with E-state index in [0.717, 1.165) is 5.56 Å². The fourth-order valence-corrected chi connectivity index (χ4v) is 2.78. The summed E-state index contributed by atoms with van der Waals surface area (Å²) < 4.78 is 13.8. The zero-order chi connectivity index (χ0) is 17.8. The highest BCUT2D eigenvalue weighted by molar-refractivity contribution is 6.39.